The van der Waals surface area contributed by atoms with Crippen molar-refractivity contribution in [3.05, 3.63) is 42.0 Å². The number of rotatable bonds is 4. The summed E-state index contributed by atoms with van der Waals surface area (Å²) in [4.78, 5) is 11.5. The summed E-state index contributed by atoms with van der Waals surface area (Å²) in [7, 11) is 0. The number of carbonyl (C=O) groups is 1. The molecule has 1 aliphatic heterocycles. The highest BCUT2D eigenvalue weighted by Crippen LogP contribution is 2.25. The molecule has 0 aromatic heterocycles. The second-order valence-corrected chi connectivity index (χ2v) is 4.16. The highest BCUT2D eigenvalue weighted by Gasteiger charge is 2.11. The number of amides is 1. The van der Waals surface area contributed by atoms with Crippen LogP contribution < -0.4 is 10.1 Å². The Labute approximate surface area is 101 Å². The summed E-state index contributed by atoms with van der Waals surface area (Å²) in [6.07, 6.45) is 4.19. The van der Waals surface area contributed by atoms with Gasteiger partial charge in [-0.3, -0.25) is 4.79 Å². The number of hydrogen-bond donors (Lipinski definition) is 1. The van der Waals surface area contributed by atoms with Gasteiger partial charge in [0.25, 0.3) is 0 Å². The van der Waals surface area contributed by atoms with Gasteiger partial charge in [0.1, 0.15) is 5.75 Å². The number of hydrogen-bond acceptors (Lipinski definition) is 2. The summed E-state index contributed by atoms with van der Waals surface area (Å²) in [5.74, 6) is 0.994. The first-order chi connectivity index (χ1) is 8.29. The van der Waals surface area contributed by atoms with Crippen LogP contribution in [0.4, 0.5) is 0 Å². The molecule has 1 aromatic carbocycles. The molecule has 0 saturated carbocycles. The van der Waals surface area contributed by atoms with Gasteiger partial charge < -0.3 is 10.1 Å². The van der Waals surface area contributed by atoms with Gasteiger partial charge in [-0.15, -0.1) is 6.58 Å². The zero-order valence-corrected chi connectivity index (χ0v) is 9.87. The average molecular weight is 231 g/mol. The molecule has 0 spiro atoms. The fourth-order valence-corrected chi connectivity index (χ4v) is 1.96. The van der Waals surface area contributed by atoms with Gasteiger partial charge in [-0.05, 0) is 30.0 Å². The highest BCUT2D eigenvalue weighted by molar-refractivity contribution is 5.78. The van der Waals surface area contributed by atoms with E-state index in [1.54, 1.807) is 6.08 Å². The quantitative estimate of drug-likeness (QED) is 0.803. The molecular formula is C14H17NO2. The van der Waals surface area contributed by atoms with Crippen LogP contribution in [0.2, 0.25) is 0 Å². The molecule has 0 bridgehead atoms. The normalized spacial score (nSPS) is 13.4. The summed E-state index contributed by atoms with van der Waals surface area (Å²) in [6.45, 7) is 4.88. The summed E-state index contributed by atoms with van der Waals surface area (Å²) < 4.78 is 5.53. The molecule has 0 atom stereocenters. The van der Waals surface area contributed by atoms with Crippen LogP contribution in [-0.4, -0.2) is 19.1 Å². The van der Waals surface area contributed by atoms with E-state index in [9.17, 15) is 4.79 Å². The summed E-state index contributed by atoms with van der Waals surface area (Å²) >= 11 is 0. The van der Waals surface area contributed by atoms with Crippen LogP contribution in [0.15, 0.2) is 30.9 Å². The maximum Gasteiger partial charge on any atom is 0.224 e. The van der Waals surface area contributed by atoms with Crippen LogP contribution in [0.25, 0.3) is 0 Å². The first kappa shape index (κ1) is 11.7. The molecule has 0 fully saturated rings. The second-order valence-electron chi connectivity index (χ2n) is 4.16. The Hall–Kier alpha value is -1.77. The van der Waals surface area contributed by atoms with Gasteiger partial charge in [-0.1, -0.05) is 18.2 Å². The maximum atomic E-state index is 11.5. The number of carbonyl (C=O) groups excluding carboxylic acids is 1. The molecule has 3 nitrogen and oxygen atoms in total. The summed E-state index contributed by atoms with van der Waals surface area (Å²) in [5.41, 5.74) is 2.25. The predicted octanol–water partition coefficient (Wildman–Crippen LogP) is 1.86. The largest absolute Gasteiger partial charge is 0.493 e. The molecule has 1 N–H and O–H groups in total. The van der Waals surface area contributed by atoms with Gasteiger partial charge in [0, 0.05) is 6.54 Å². The Morgan fingerprint density at radius 3 is 3.24 bits per heavy atom. The SMILES string of the molecule is C=CCNC(=O)Cc1ccc2c(c1)CCCO2. The maximum absolute atomic E-state index is 11.5. The van der Waals surface area contributed by atoms with E-state index in [4.69, 9.17) is 4.74 Å². The highest BCUT2D eigenvalue weighted by atomic mass is 16.5. The van der Waals surface area contributed by atoms with Gasteiger partial charge >= 0.3 is 0 Å². The average Bonchev–Trinajstić information content (AvgIpc) is 2.36. The Balaban J connectivity index is 2.01. The van der Waals surface area contributed by atoms with Crippen LogP contribution in [-0.2, 0) is 17.6 Å². The lowest BCUT2D eigenvalue weighted by Gasteiger charge is -2.17. The first-order valence-electron chi connectivity index (χ1n) is 5.92. The van der Waals surface area contributed by atoms with E-state index in [1.807, 2.05) is 12.1 Å². The van der Waals surface area contributed by atoms with Crippen molar-refractivity contribution in [2.24, 2.45) is 0 Å². The summed E-state index contributed by atoms with van der Waals surface area (Å²) in [6, 6.07) is 5.99. The Kier molecular flexibility index (Phi) is 3.81. The predicted molar refractivity (Wildman–Crippen MR) is 67.2 cm³/mol. The van der Waals surface area contributed by atoms with Crippen LogP contribution in [0.1, 0.15) is 17.5 Å². The Morgan fingerprint density at radius 1 is 1.53 bits per heavy atom. The minimum Gasteiger partial charge on any atom is -0.493 e. The molecule has 2 rings (SSSR count). The van der Waals surface area contributed by atoms with E-state index in [2.05, 4.69) is 18.0 Å². The third kappa shape index (κ3) is 3.09. The molecule has 1 aromatic rings. The van der Waals surface area contributed by atoms with Crippen LogP contribution in [0, 0.1) is 0 Å². The van der Waals surface area contributed by atoms with E-state index >= 15 is 0 Å². The van der Waals surface area contributed by atoms with E-state index in [0.717, 1.165) is 30.8 Å². The van der Waals surface area contributed by atoms with Crippen LogP contribution >= 0.6 is 0 Å². The fraction of sp³-hybridized carbons (Fsp3) is 0.357. The molecule has 0 radical (unpaired) electrons. The molecule has 0 unspecified atom stereocenters. The zero-order chi connectivity index (χ0) is 12.1. The lowest BCUT2D eigenvalue weighted by Crippen LogP contribution is -2.25. The van der Waals surface area contributed by atoms with Gasteiger partial charge in [-0.25, -0.2) is 0 Å². The molecule has 3 heteroatoms. The van der Waals surface area contributed by atoms with E-state index in [0.29, 0.717) is 13.0 Å². The monoisotopic (exact) mass is 231 g/mol. The molecule has 1 heterocycles. The number of nitrogens with one attached hydrogen (secondary N) is 1. The number of fused-ring (bicyclic) bond motifs is 1. The molecule has 17 heavy (non-hydrogen) atoms. The van der Waals surface area contributed by atoms with Crippen molar-refractivity contribution in [3.63, 3.8) is 0 Å². The standard InChI is InChI=1S/C14H17NO2/c1-2-7-15-14(16)10-11-5-6-13-12(9-11)4-3-8-17-13/h2,5-6,9H,1,3-4,7-8,10H2,(H,15,16). The minimum absolute atomic E-state index is 0.0292. The molecule has 0 aliphatic carbocycles. The lowest BCUT2D eigenvalue weighted by atomic mass is 10.0. The fourth-order valence-electron chi connectivity index (χ4n) is 1.96. The molecule has 90 valence electrons. The first-order valence-corrected chi connectivity index (χ1v) is 5.92. The second kappa shape index (κ2) is 5.53. The molecule has 1 aliphatic rings. The zero-order valence-electron chi connectivity index (χ0n) is 9.87. The number of aryl methyl sites for hydroxylation is 1. The lowest BCUT2D eigenvalue weighted by molar-refractivity contribution is -0.120. The van der Waals surface area contributed by atoms with E-state index in [1.165, 1.54) is 5.56 Å². The Morgan fingerprint density at radius 2 is 2.41 bits per heavy atom. The number of ether oxygens (including phenoxy) is 1. The van der Waals surface area contributed by atoms with E-state index in [-0.39, 0.29) is 5.91 Å². The minimum atomic E-state index is 0.0292. The van der Waals surface area contributed by atoms with E-state index < -0.39 is 0 Å². The van der Waals surface area contributed by atoms with Crippen molar-refractivity contribution in [1.29, 1.82) is 0 Å². The van der Waals surface area contributed by atoms with Gasteiger partial charge in [0.2, 0.25) is 5.91 Å². The topological polar surface area (TPSA) is 38.3 Å². The molecule has 0 saturated heterocycles. The van der Waals surface area contributed by atoms with Crippen LogP contribution in [0.5, 0.6) is 5.75 Å². The van der Waals surface area contributed by atoms with Crippen molar-refractivity contribution >= 4 is 5.91 Å². The third-order valence-corrected chi connectivity index (χ3v) is 2.78. The van der Waals surface area contributed by atoms with Crippen molar-refractivity contribution < 1.29 is 9.53 Å². The van der Waals surface area contributed by atoms with Gasteiger partial charge in [0.05, 0.1) is 13.0 Å². The van der Waals surface area contributed by atoms with Crippen molar-refractivity contribution in [3.8, 4) is 5.75 Å². The number of benzene rings is 1. The van der Waals surface area contributed by atoms with Gasteiger partial charge in [0.15, 0.2) is 0 Å². The van der Waals surface area contributed by atoms with Crippen molar-refractivity contribution in [2.75, 3.05) is 13.2 Å². The van der Waals surface area contributed by atoms with Crippen LogP contribution in [0.3, 0.4) is 0 Å². The third-order valence-electron chi connectivity index (χ3n) is 2.78. The van der Waals surface area contributed by atoms with Crippen molar-refractivity contribution in [2.45, 2.75) is 19.3 Å². The van der Waals surface area contributed by atoms with Crippen molar-refractivity contribution in [1.82, 2.24) is 5.32 Å². The smallest absolute Gasteiger partial charge is 0.224 e. The molecule has 1 amide bonds. The summed E-state index contributed by atoms with van der Waals surface area (Å²) in [5, 5.41) is 2.77. The molecular weight excluding hydrogens is 214 g/mol. The van der Waals surface area contributed by atoms with Gasteiger partial charge in [-0.2, -0.15) is 0 Å². The Bertz CT molecular complexity index is 426.